The van der Waals surface area contributed by atoms with Gasteiger partial charge < -0.3 is 20.3 Å². The van der Waals surface area contributed by atoms with Gasteiger partial charge in [-0.25, -0.2) is 15.0 Å². The van der Waals surface area contributed by atoms with Crippen LogP contribution in [0.15, 0.2) is 12.7 Å². The van der Waals surface area contributed by atoms with Crippen molar-refractivity contribution < 1.29 is 14.6 Å². The van der Waals surface area contributed by atoms with E-state index in [0.29, 0.717) is 23.4 Å². The molecule has 1 aliphatic heterocycles. The molecule has 0 saturated carbocycles. The lowest BCUT2D eigenvalue weighted by atomic mass is 9.99. The Kier molecular flexibility index (Phi) is 4.63. The molecule has 3 rings (SSSR count). The molecule has 3 heterocycles. The first-order valence-electron chi connectivity index (χ1n) is 8.95. The van der Waals surface area contributed by atoms with Crippen LogP contribution in [0.1, 0.15) is 34.1 Å². The number of anilines is 1. The van der Waals surface area contributed by atoms with Crippen molar-refractivity contribution in [1.29, 1.82) is 0 Å². The summed E-state index contributed by atoms with van der Waals surface area (Å²) in [5.74, 6) is 0.347. The van der Waals surface area contributed by atoms with E-state index in [4.69, 9.17) is 15.2 Å². The minimum Gasteiger partial charge on any atom is -0.393 e. The summed E-state index contributed by atoms with van der Waals surface area (Å²) in [6.07, 6.45) is 3.54. The summed E-state index contributed by atoms with van der Waals surface area (Å²) in [6, 6.07) is 0. The van der Waals surface area contributed by atoms with E-state index >= 15 is 0 Å². The molecule has 0 amide bonds. The molecule has 26 heavy (non-hydrogen) atoms. The summed E-state index contributed by atoms with van der Waals surface area (Å²) in [5.41, 5.74) is 6.02. The van der Waals surface area contributed by atoms with E-state index in [1.54, 1.807) is 6.33 Å². The van der Waals surface area contributed by atoms with E-state index in [-0.39, 0.29) is 18.3 Å². The monoisotopic (exact) mass is 379 g/mol. The molecule has 2 aromatic heterocycles. The molecular formula is C17H29N5O3Si. The van der Waals surface area contributed by atoms with E-state index in [9.17, 15) is 5.11 Å². The summed E-state index contributed by atoms with van der Waals surface area (Å²) in [5, 5.41) is 9.48. The molecule has 3 N–H and O–H groups in total. The fourth-order valence-corrected chi connectivity index (χ4v) is 5.56. The topological polar surface area (TPSA) is 108 Å². The van der Waals surface area contributed by atoms with Gasteiger partial charge in [-0.1, -0.05) is 13.1 Å². The fraction of sp³-hybridized carbons (Fsp3) is 0.706. The van der Waals surface area contributed by atoms with Crippen LogP contribution in [0.3, 0.4) is 0 Å². The molecule has 144 valence electrons. The van der Waals surface area contributed by atoms with Crippen molar-refractivity contribution in [2.75, 3.05) is 12.3 Å². The molecule has 0 spiro atoms. The van der Waals surface area contributed by atoms with Crippen LogP contribution in [0.4, 0.5) is 5.82 Å². The minimum atomic E-state index is -1.47. The number of aliphatic hydroxyl groups excluding tert-OH is 1. The predicted octanol–water partition coefficient (Wildman–Crippen LogP) is 1.44. The van der Waals surface area contributed by atoms with Crippen LogP contribution < -0.4 is 5.73 Å². The number of nitrogens with zero attached hydrogens (tertiary/aromatic N) is 4. The summed E-state index contributed by atoms with van der Waals surface area (Å²) in [7, 11) is -1.47. The van der Waals surface area contributed by atoms with Gasteiger partial charge in [0.2, 0.25) is 0 Å². The second kappa shape index (κ2) is 6.26. The third-order valence-corrected chi connectivity index (χ3v) is 7.49. The van der Waals surface area contributed by atoms with Gasteiger partial charge in [0.15, 0.2) is 11.5 Å². The van der Waals surface area contributed by atoms with Crippen molar-refractivity contribution in [3.63, 3.8) is 0 Å². The maximum Gasteiger partial charge on any atom is 0.167 e. The van der Waals surface area contributed by atoms with Crippen LogP contribution in [0, 0.1) is 0 Å². The van der Waals surface area contributed by atoms with Crippen molar-refractivity contribution in [3.8, 4) is 0 Å². The number of fused-ring (bicyclic) bond motifs is 1. The van der Waals surface area contributed by atoms with Gasteiger partial charge in [-0.2, -0.15) is 0 Å². The summed E-state index contributed by atoms with van der Waals surface area (Å²) >= 11 is 0. The first kappa shape index (κ1) is 19.2. The smallest absolute Gasteiger partial charge is 0.167 e. The van der Waals surface area contributed by atoms with Crippen molar-refractivity contribution >= 4 is 25.8 Å². The average Bonchev–Trinajstić information content (AvgIpc) is 3.08. The van der Waals surface area contributed by atoms with Crippen LogP contribution in [0.25, 0.3) is 11.2 Å². The van der Waals surface area contributed by atoms with Crippen LogP contribution >= 0.6 is 0 Å². The maximum atomic E-state index is 10.1. The molecule has 8 nitrogen and oxygen atoms in total. The number of nitrogen functional groups attached to an aromatic ring is 1. The van der Waals surface area contributed by atoms with E-state index in [1.807, 2.05) is 32.3 Å². The van der Waals surface area contributed by atoms with Gasteiger partial charge in [-0.3, -0.25) is 4.57 Å². The number of hydrogen-bond acceptors (Lipinski definition) is 7. The quantitative estimate of drug-likeness (QED) is 0.774. The van der Waals surface area contributed by atoms with Crippen molar-refractivity contribution in [3.05, 3.63) is 12.7 Å². The van der Waals surface area contributed by atoms with Gasteiger partial charge in [0.05, 0.1) is 33.4 Å². The molecule has 1 fully saturated rings. The lowest BCUT2D eigenvalue weighted by Gasteiger charge is -2.36. The number of nitrogens with two attached hydrogens (primary N) is 1. The zero-order valence-electron chi connectivity index (χ0n) is 16.4. The third kappa shape index (κ3) is 3.02. The van der Waals surface area contributed by atoms with Gasteiger partial charge >= 0.3 is 0 Å². The summed E-state index contributed by atoms with van der Waals surface area (Å²) in [6.45, 7) is 12.3. The van der Waals surface area contributed by atoms with Gasteiger partial charge in [-0.15, -0.1) is 0 Å². The van der Waals surface area contributed by atoms with Crippen LogP contribution in [-0.4, -0.2) is 57.3 Å². The lowest BCUT2D eigenvalue weighted by molar-refractivity contribution is -0.166. The largest absolute Gasteiger partial charge is 0.393 e. The molecule has 3 atom stereocenters. The third-order valence-electron chi connectivity index (χ3n) is 5.05. The van der Waals surface area contributed by atoms with Crippen LogP contribution in [0.5, 0.6) is 0 Å². The van der Waals surface area contributed by atoms with E-state index in [1.165, 1.54) is 6.33 Å². The molecule has 0 aromatic carbocycles. The fourth-order valence-electron chi connectivity index (χ4n) is 3.63. The van der Waals surface area contributed by atoms with Crippen LogP contribution in [0.2, 0.25) is 13.1 Å². The van der Waals surface area contributed by atoms with Gasteiger partial charge in [0.1, 0.15) is 22.8 Å². The SMILES string of the molecule is C[SiH](C)[C@]1(n2cnc3c(N)ncnc32)C[C@H](OC(C)(C)C)[C@@](C)(CO)O1. The van der Waals surface area contributed by atoms with Crippen molar-refractivity contribution in [1.82, 2.24) is 19.5 Å². The highest BCUT2D eigenvalue weighted by molar-refractivity contribution is 6.58. The molecular weight excluding hydrogens is 350 g/mol. The Morgan fingerprint density at radius 2 is 2.08 bits per heavy atom. The highest BCUT2D eigenvalue weighted by Crippen LogP contribution is 2.46. The molecule has 9 heteroatoms. The van der Waals surface area contributed by atoms with E-state index < -0.39 is 19.7 Å². The standard InChI is InChI=1S/C17H29N5O3Si/c1-15(2,3)24-11-7-17(26(5)6,25-16(11,4)8-23)22-10-21-12-13(18)19-9-20-14(12)22/h9-11,23,26H,7-8H2,1-6H3,(H2,18,19,20)/t11-,16+,17-/m0/s1. The first-order chi connectivity index (χ1) is 12.0. The van der Waals surface area contributed by atoms with E-state index in [0.717, 1.165) is 0 Å². The second-order valence-corrected chi connectivity index (χ2v) is 11.8. The number of aliphatic hydroxyl groups is 1. The minimum absolute atomic E-state index is 0.125. The Bertz CT molecular complexity index is 805. The molecule has 0 aliphatic carbocycles. The predicted molar refractivity (Wildman–Crippen MR) is 102 cm³/mol. The Hall–Kier alpha value is -1.55. The number of imidazole rings is 1. The molecule has 2 aromatic rings. The highest BCUT2D eigenvalue weighted by atomic mass is 28.3. The average molecular weight is 380 g/mol. The zero-order valence-corrected chi connectivity index (χ0v) is 17.5. The first-order valence-corrected chi connectivity index (χ1v) is 11.8. The Labute approximate surface area is 155 Å². The number of ether oxygens (including phenoxy) is 2. The molecule has 0 radical (unpaired) electrons. The second-order valence-electron chi connectivity index (χ2n) is 8.54. The van der Waals surface area contributed by atoms with Crippen LogP contribution in [-0.2, 0) is 14.8 Å². The normalized spacial score (nSPS) is 29.8. The molecule has 0 unspecified atom stereocenters. The van der Waals surface area contributed by atoms with Gasteiger partial charge in [0, 0.05) is 6.42 Å². The van der Waals surface area contributed by atoms with Gasteiger partial charge in [-0.05, 0) is 27.7 Å². The Balaban J connectivity index is 2.13. The number of hydrogen-bond donors (Lipinski definition) is 2. The highest BCUT2D eigenvalue weighted by Gasteiger charge is 2.57. The van der Waals surface area contributed by atoms with Gasteiger partial charge in [0.25, 0.3) is 0 Å². The lowest BCUT2D eigenvalue weighted by Crippen LogP contribution is -2.48. The summed E-state index contributed by atoms with van der Waals surface area (Å²) < 4.78 is 14.9. The molecule has 1 saturated heterocycles. The number of aromatic nitrogens is 4. The van der Waals surface area contributed by atoms with E-state index in [2.05, 4.69) is 28.0 Å². The molecule has 1 aliphatic rings. The Morgan fingerprint density at radius 3 is 2.65 bits per heavy atom. The zero-order chi connectivity index (χ0) is 19.3. The van der Waals surface area contributed by atoms with Crippen molar-refractivity contribution in [2.45, 2.75) is 69.9 Å². The maximum absolute atomic E-state index is 10.1. The molecule has 0 bridgehead atoms. The van der Waals surface area contributed by atoms with Crippen molar-refractivity contribution in [2.24, 2.45) is 0 Å². The Morgan fingerprint density at radius 1 is 1.38 bits per heavy atom. The number of rotatable bonds is 4. The summed E-state index contributed by atoms with van der Waals surface area (Å²) in [4.78, 5) is 12.8.